The van der Waals surface area contributed by atoms with Crippen LogP contribution < -0.4 is 5.73 Å². The number of aliphatic hydroxyl groups is 1. The Morgan fingerprint density at radius 2 is 1.83 bits per heavy atom. The molecule has 0 fully saturated rings. The Balaban J connectivity index is 3.01. The summed E-state index contributed by atoms with van der Waals surface area (Å²) in [5.41, 5.74) is 5.93. The third-order valence-corrected chi connectivity index (χ3v) is 3.56. The van der Waals surface area contributed by atoms with Gasteiger partial charge in [-0.2, -0.15) is 0 Å². The third kappa shape index (κ3) is 3.27. The molecule has 1 aromatic carbocycles. The van der Waals surface area contributed by atoms with Gasteiger partial charge >= 0.3 is 0 Å². The van der Waals surface area contributed by atoms with Crippen LogP contribution in [0, 0.1) is 17.6 Å². The van der Waals surface area contributed by atoms with Crippen LogP contribution in [0.5, 0.6) is 0 Å². The smallest absolute Gasteiger partial charge is 0.129 e. The van der Waals surface area contributed by atoms with E-state index in [1.54, 1.807) is 0 Å². The first kappa shape index (κ1) is 15.1. The lowest BCUT2D eigenvalue weighted by Crippen LogP contribution is -2.32. The number of rotatable bonds is 6. The first-order valence-electron chi connectivity index (χ1n) is 6.38. The van der Waals surface area contributed by atoms with E-state index in [0.29, 0.717) is 5.56 Å². The van der Waals surface area contributed by atoms with Gasteiger partial charge in [0.15, 0.2) is 0 Å². The van der Waals surface area contributed by atoms with Crippen LogP contribution in [0.25, 0.3) is 0 Å². The standard InChI is InChI=1S/C14H21F2NO/c1-3-9(4-2)14(18)12(8-17)11-6-5-10(15)7-13(11)16/h5-7,9,12,14,18H,3-4,8,17H2,1-2H3. The summed E-state index contributed by atoms with van der Waals surface area (Å²) in [5, 5.41) is 10.3. The predicted octanol–water partition coefficient (Wildman–Crippen LogP) is 2.80. The maximum atomic E-state index is 13.7. The van der Waals surface area contributed by atoms with E-state index in [1.807, 2.05) is 13.8 Å². The van der Waals surface area contributed by atoms with Crippen LogP contribution in [0.1, 0.15) is 38.2 Å². The normalized spacial score (nSPS) is 14.8. The molecule has 0 aliphatic heterocycles. The largest absolute Gasteiger partial charge is 0.392 e. The van der Waals surface area contributed by atoms with Gasteiger partial charge in [-0.25, -0.2) is 8.78 Å². The topological polar surface area (TPSA) is 46.2 Å². The van der Waals surface area contributed by atoms with Gasteiger partial charge in [-0.3, -0.25) is 0 Å². The highest BCUT2D eigenvalue weighted by Gasteiger charge is 2.27. The van der Waals surface area contributed by atoms with Gasteiger partial charge in [-0.05, 0) is 17.5 Å². The molecule has 0 heterocycles. The van der Waals surface area contributed by atoms with Crippen LogP contribution >= 0.6 is 0 Å². The molecule has 0 saturated heterocycles. The molecule has 1 aromatic rings. The number of benzene rings is 1. The molecule has 4 heteroatoms. The number of aliphatic hydroxyl groups excluding tert-OH is 1. The molecule has 0 aliphatic carbocycles. The molecule has 0 spiro atoms. The van der Waals surface area contributed by atoms with Gasteiger partial charge in [0.25, 0.3) is 0 Å². The SMILES string of the molecule is CCC(CC)C(O)C(CN)c1ccc(F)cc1F. The molecule has 2 nitrogen and oxygen atoms in total. The highest BCUT2D eigenvalue weighted by Crippen LogP contribution is 2.29. The molecule has 1 rings (SSSR count). The Bertz CT molecular complexity index is 380. The second-order valence-corrected chi connectivity index (χ2v) is 4.58. The van der Waals surface area contributed by atoms with Gasteiger partial charge in [0, 0.05) is 18.5 Å². The molecule has 2 unspecified atom stereocenters. The lowest BCUT2D eigenvalue weighted by molar-refractivity contribution is 0.0768. The molecule has 3 N–H and O–H groups in total. The molecule has 2 atom stereocenters. The second-order valence-electron chi connectivity index (χ2n) is 4.58. The van der Waals surface area contributed by atoms with E-state index in [4.69, 9.17) is 5.73 Å². The summed E-state index contributed by atoms with van der Waals surface area (Å²) < 4.78 is 26.6. The van der Waals surface area contributed by atoms with Crippen molar-refractivity contribution in [3.63, 3.8) is 0 Å². The predicted molar refractivity (Wildman–Crippen MR) is 68.2 cm³/mol. The van der Waals surface area contributed by atoms with Gasteiger partial charge in [0.05, 0.1) is 6.10 Å². The van der Waals surface area contributed by atoms with E-state index in [0.717, 1.165) is 18.9 Å². The lowest BCUT2D eigenvalue weighted by Gasteiger charge is -2.28. The summed E-state index contributed by atoms with van der Waals surface area (Å²) in [5.74, 6) is -1.68. The summed E-state index contributed by atoms with van der Waals surface area (Å²) in [6.45, 7) is 4.10. The molecule has 18 heavy (non-hydrogen) atoms. The van der Waals surface area contributed by atoms with Gasteiger partial charge in [-0.1, -0.05) is 32.8 Å². The molecule has 0 radical (unpaired) electrons. The average molecular weight is 257 g/mol. The zero-order valence-electron chi connectivity index (χ0n) is 10.9. The summed E-state index contributed by atoms with van der Waals surface area (Å²) in [4.78, 5) is 0. The third-order valence-electron chi connectivity index (χ3n) is 3.56. The van der Waals surface area contributed by atoms with E-state index in [-0.39, 0.29) is 12.5 Å². The molecule has 0 amide bonds. The van der Waals surface area contributed by atoms with Gasteiger partial charge in [0.1, 0.15) is 11.6 Å². The molecular formula is C14H21F2NO. The number of hydrogen-bond donors (Lipinski definition) is 2. The van der Waals surface area contributed by atoms with Crippen molar-refractivity contribution in [1.29, 1.82) is 0 Å². The first-order valence-corrected chi connectivity index (χ1v) is 6.38. The van der Waals surface area contributed by atoms with Crippen molar-refractivity contribution in [2.75, 3.05) is 6.54 Å². The van der Waals surface area contributed by atoms with Crippen molar-refractivity contribution in [3.8, 4) is 0 Å². The van der Waals surface area contributed by atoms with Gasteiger partial charge in [-0.15, -0.1) is 0 Å². The maximum Gasteiger partial charge on any atom is 0.129 e. The molecule has 0 aliphatic rings. The average Bonchev–Trinajstić information content (AvgIpc) is 2.34. The fourth-order valence-corrected chi connectivity index (χ4v) is 2.35. The molecule has 0 saturated carbocycles. The summed E-state index contributed by atoms with van der Waals surface area (Å²) >= 11 is 0. The maximum absolute atomic E-state index is 13.7. The van der Waals surface area contributed by atoms with E-state index in [1.165, 1.54) is 12.1 Å². The number of halogens is 2. The first-order chi connectivity index (χ1) is 8.54. The summed E-state index contributed by atoms with van der Waals surface area (Å²) in [6, 6.07) is 3.39. The van der Waals surface area contributed by atoms with Crippen molar-refractivity contribution in [2.45, 2.75) is 38.7 Å². The van der Waals surface area contributed by atoms with Gasteiger partial charge < -0.3 is 10.8 Å². The monoisotopic (exact) mass is 257 g/mol. The number of nitrogens with two attached hydrogens (primary N) is 1. The van der Waals surface area contributed by atoms with Gasteiger partial charge in [0.2, 0.25) is 0 Å². The minimum atomic E-state index is -0.704. The van der Waals surface area contributed by atoms with E-state index >= 15 is 0 Å². The van der Waals surface area contributed by atoms with Crippen molar-refractivity contribution < 1.29 is 13.9 Å². The van der Waals surface area contributed by atoms with Crippen LogP contribution in [0.3, 0.4) is 0 Å². The molecular weight excluding hydrogens is 236 g/mol. The Morgan fingerprint density at radius 3 is 2.28 bits per heavy atom. The Morgan fingerprint density at radius 1 is 1.22 bits per heavy atom. The summed E-state index contributed by atoms with van der Waals surface area (Å²) in [7, 11) is 0. The van der Waals surface area contributed by atoms with Crippen molar-refractivity contribution in [3.05, 3.63) is 35.4 Å². The quantitative estimate of drug-likeness (QED) is 0.823. The van der Waals surface area contributed by atoms with Crippen LogP contribution in [-0.2, 0) is 0 Å². The minimum absolute atomic E-state index is 0.0722. The molecule has 0 bridgehead atoms. The van der Waals surface area contributed by atoms with Crippen LogP contribution in [-0.4, -0.2) is 17.8 Å². The summed E-state index contributed by atoms with van der Waals surface area (Å²) in [6.07, 6.45) is 0.901. The zero-order valence-corrected chi connectivity index (χ0v) is 10.9. The molecule has 102 valence electrons. The highest BCUT2D eigenvalue weighted by molar-refractivity contribution is 5.24. The van der Waals surface area contributed by atoms with E-state index in [2.05, 4.69) is 0 Å². The minimum Gasteiger partial charge on any atom is -0.392 e. The Hall–Kier alpha value is -1.00. The lowest BCUT2D eigenvalue weighted by atomic mass is 9.83. The Labute approximate surface area is 107 Å². The van der Waals surface area contributed by atoms with Crippen molar-refractivity contribution in [2.24, 2.45) is 11.7 Å². The Kier molecular flexibility index (Phi) is 5.69. The van der Waals surface area contributed by atoms with Crippen molar-refractivity contribution >= 4 is 0 Å². The fourth-order valence-electron chi connectivity index (χ4n) is 2.35. The van der Waals surface area contributed by atoms with Crippen LogP contribution in [0.15, 0.2) is 18.2 Å². The number of hydrogen-bond acceptors (Lipinski definition) is 2. The second kappa shape index (κ2) is 6.81. The van der Waals surface area contributed by atoms with E-state index in [9.17, 15) is 13.9 Å². The fraction of sp³-hybridized carbons (Fsp3) is 0.571. The van der Waals surface area contributed by atoms with Crippen molar-refractivity contribution in [1.82, 2.24) is 0 Å². The van der Waals surface area contributed by atoms with E-state index < -0.39 is 23.7 Å². The van der Waals surface area contributed by atoms with Crippen LogP contribution in [0.2, 0.25) is 0 Å². The highest BCUT2D eigenvalue weighted by atomic mass is 19.1. The zero-order chi connectivity index (χ0) is 13.7. The van der Waals surface area contributed by atoms with Crippen LogP contribution in [0.4, 0.5) is 8.78 Å². The molecule has 0 aromatic heterocycles.